The van der Waals surface area contributed by atoms with Crippen LogP contribution in [0.2, 0.25) is 0 Å². The first-order valence-electron chi connectivity index (χ1n) is 12.1. The molecule has 0 aliphatic carbocycles. The molecule has 0 aliphatic rings. The van der Waals surface area contributed by atoms with Gasteiger partial charge in [-0.2, -0.15) is 0 Å². The van der Waals surface area contributed by atoms with E-state index < -0.39 is 7.92 Å². The van der Waals surface area contributed by atoms with Crippen LogP contribution in [0.3, 0.4) is 0 Å². The van der Waals surface area contributed by atoms with Gasteiger partial charge in [0.05, 0.1) is 18.8 Å². The fourth-order valence-electron chi connectivity index (χ4n) is 4.36. The third-order valence-electron chi connectivity index (χ3n) is 6.20. The van der Waals surface area contributed by atoms with Crippen molar-refractivity contribution in [3.63, 3.8) is 0 Å². The molecule has 4 rings (SSSR count). The minimum Gasteiger partial charge on any atom is -0.495 e. The Morgan fingerprint density at radius 2 is 1.31 bits per heavy atom. The fraction of sp³-hybridized carbons (Fsp3) is 0.188. The molecule has 1 atom stereocenters. The summed E-state index contributed by atoms with van der Waals surface area (Å²) in [6.07, 6.45) is 2.31. The second-order valence-corrected chi connectivity index (χ2v) is 11.0. The van der Waals surface area contributed by atoms with E-state index in [0.29, 0.717) is 0 Å². The summed E-state index contributed by atoms with van der Waals surface area (Å²) in [6, 6.07) is 39.2. The lowest BCUT2D eigenvalue weighted by Crippen LogP contribution is -2.33. The van der Waals surface area contributed by atoms with Crippen molar-refractivity contribution in [3.8, 4) is 5.75 Å². The van der Waals surface area contributed by atoms with Crippen LogP contribution >= 0.6 is 7.92 Å². The lowest BCUT2D eigenvalue weighted by molar-refractivity contribution is 0.414. The first kappa shape index (κ1) is 24.8. The normalized spacial score (nSPS) is 11.7. The maximum Gasteiger partial charge on any atom is 0.142 e. The zero-order valence-corrected chi connectivity index (χ0v) is 22.0. The van der Waals surface area contributed by atoms with Crippen LogP contribution < -0.4 is 25.6 Å². The standard InChI is InChI=1S/C32H34NOP/c1-25(2)23-24-33(26(3)27-15-8-5-9-16-27)32-30(34-4)21-14-22-31(32)35(28-17-10-6-11-18-28)29-19-12-7-13-20-29/h5-23,26H,24H2,1-4H3/t26-/m0/s1. The van der Waals surface area contributed by atoms with E-state index in [4.69, 9.17) is 4.74 Å². The van der Waals surface area contributed by atoms with E-state index in [2.05, 4.69) is 141 Å². The van der Waals surface area contributed by atoms with Gasteiger partial charge in [0.2, 0.25) is 0 Å². The molecule has 0 spiro atoms. The van der Waals surface area contributed by atoms with Gasteiger partial charge in [-0.1, -0.05) is 115 Å². The van der Waals surface area contributed by atoms with Crippen molar-refractivity contribution in [1.29, 1.82) is 0 Å². The highest BCUT2D eigenvalue weighted by atomic mass is 31.1. The number of benzene rings is 4. The Kier molecular flexibility index (Phi) is 8.40. The number of allylic oxidation sites excluding steroid dienone is 1. The predicted octanol–water partition coefficient (Wildman–Crippen LogP) is 6.99. The smallest absolute Gasteiger partial charge is 0.142 e. The van der Waals surface area contributed by atoms with Gasteiger partial charge in [-0.05, 0) is 50.9 Å². The predicted molar refractivity (Wildman–Crippen MR) is 153 cm³/mol. The van der Waals surface area contributed by atoms with Crippen molar-refractivity contribution in [2.45, 2.75) is 26.8 Å². The van der Waals surface area contributed by atoms with E-state index in [1.165, 1.54) is 32.7 Å². The fourth-order valence-corrected chi connectivity index (χ4v) is 6.84. The molecule has 4 aromatic carbocycles. The molecule has 0 aromatic heterocycles. The lowest BCUT2D eigenvalue weighted by atomic mass is 10.1. The van der Waals surface area contributed by atoms with Gasteiger partial charge in [0.15, 0.2) is 0 Å². The van der Waals surface area contributed by atoms with Gasteiger partial charge in [-0.3, -0.25) is 0 Å². The van der Waals surface area contributed by atoms with Crippen LogP contribution in [0.15, 0.2) is 121 Å². The van der Waals surface area contributed by atoms with E-state index in [1.54, 1.807) is 7.11 Å². The quantitative estimate of drug-likeness (QED) is 0.190. The molecule has 35 heavy (non-hydrogen) atoms. The summed E-state index contributed by atoms with van der Waals surface area (Å²) in [5, 5.41) is 3.97. The van der Waals surface area contributed by atoms with Crippen molar-refractivity contribution < 1.29 is 4.74 Å². The van der Waals surface area contributed by atoms with E-state index in [1.807, 2.05) is 0 Å². The van der Waals surface area contributed by atoms with Crippen molar-refractivity contribution in [2.75, 3.05) is 18.6 Å². The summed E-state index contributed by atoms with van der Waals surface area (Å²) >= 11 is 0. The molecule has 0 bridgehead atoms. The summed E-state index contributed by atoms with van der Waals surface area (Å²) in [7, 11) is 0.997. The van der Waals surface area contributed by atoms with Crippen molar-refractivity contribution in [3.05, 3.63) is 126 Å². The Balaban J connectivity index is 1.95. The molecule has 0 amide bonds. The highest BCUT2D eigenvalue weighted by molar-refractivity contribution is 7.80. The summed E-state index contributed by atoms with van der Waals surface area (Å²) < 4.78 is 6.03. The molecule has 0 unspecified atom stereocenters. The number of ether oxygens (including phenoxy) is 1. The average Bonchev–Trinajstić information content (AvgIpc) is 2.91. The average molecular weight is 480 g/mol. The third kappa shape index (κ3) is 5.84. The number of methoxy groups -OCH3 is 1. The van der Waals surface area contributed by atoms with Crippen molar-refractivity contribution in [1.82, 2.24) is 0 Å². The zero-order valence-electron chi connectivity index (χ0n) is 21.1. The summed E-state index contributed by atoms with van der Waals surface area (Å²) in [6.45, 7) is 7.42. The number of anilines is 1. The van der Waals surface area contributed by atoms with E-state index in [0.717, 1.165) is 12.3 Å². The molecular weight excluding hydrogens is 445 g/mol. The Morgan fingerprint density at radius 1 is 0.771 bits per heavy atom. The van der Waals surface area contributed by atoms with Crippen LogP contribution in [0.1, 0.15) is 32.4 Å². The lowest BCUT2D eigenvalue weighted by Gasteiger charge is -2.35. The molecule has 178 valence electrons. The zero-order chi connectivity index (χ0) is 24.6. The second kappa shape index (κ2) is 11.9. The largest absolute Gasteiger partial charge is 0.495 e. The van der Waals surface area contributed by atoms with Crippen LogP contribution in [0.5, 0.6) is 5.75 Å². The first-order valence-corrected chi connectivity index (χ1v) is 13.5. The minimum atomic E-state index is -0.783. The van der Waals surface area contributed by atoms with Crippen molar-refractivity contribution >= 4 is 29.5 Å². The van der Waals surface area contributed by atoms with Gasteiger partial charge < -0.3 is 9.64 Å². The van der Waals surface area contributed by atoms with Crippen LogP contribution in [0, 0.1) is 0 Å². The molecule has 0 heterocycles. The first-order chi connectivity index (χ1) is 17.1. The van der Waals surface area contributed by atoms with Gasteiger partial charge in [-0.15, -0.1) is 0 Å². The molecular formula is C32H34NOP. The number of nitrogens with zero attached hydrogens (tertiary/aromatic N) is 1. The summed E-state index contributed by atoms with van der Waals surface area (Å²) in [5.41, 5.74) is 3.76. The molecule has 0 saturated carbocycles. The molecule has 0 N–H and O–H groups in total. The van der Waals surface area contributed by atoms with Crippen LogP contribution in [0.25, 0.3) is 0 Å². The molecule has 0 radical (unpaired) electrons. The number of para-hydroxylation sites is 1. The summed E-state index contributed by atoms with van der Waals surface area (Å²) in [5.74, 6) is 0.909. The van der Waals surface area contributed by atoms with E-state index in [-0.39, 0.29) is 6.04 Å². The molecule has 0 saturated heterocycles. The number of hydrogen-bond acceptors (Lipinski definition) is 2. The third-order valence-corrected chi connectivity index (χ3v) is 8.67. The van der Waals surface area contributed by atoms with Gasteiger partial charge >= 0.3 is 0 Å². The highest BCUT2D eigenvalue weighted by Gasteiger charge is 2.27. The SMILES string of the molecule is COc1cccc(P(c2ccccc2)c2ccccc2)c1N(CC=C(C)C)[C@@H](C)c1ccccc1. The maximum atomic E-state index is 6.03. The molecule has 3 heteroatoms. The molecule has 2 nitrogen and oxygen atoms in total. The number of hydrogen-bond donors (Lipinski definition) is 0. The van der Waals surface area contributed by atoms with E-state index >= 15 is 0 Å². The Labute approximate surface area is 211 Å². The van der Waals surface area contributed by atoms with Crippen LogP contribution in [-0.4, -0.2) is 13.7 Å². The van der Waals surface area contributed by atoms with E-state index in [9.17, 15) is 0 Å². The topological polar surface area (TPSA) is 12.5 Å². The summed E-state index contributed by atoms with van der Waals surface area (Å²) in [4.78, 5) is 2.50. The van der Waals surface area contributed by atoms with Crippen LogP contribution in [-0.2, 0) is 0 Å². The number of rotatable bonds is 9. The Hall–Kier alpha value is -3.35. The van der Waals surface area contributed by atoms with Gasteiger partial charge in [0, 0.05) is 11.8 Å². The molecule has 4 aromatic rings. The van der Waals surface area contributed by atoms with Gasteiger partial charge in [0.25, 0.3) is 0 Å². The van der Waals surface area contributed by atoms with Crippen molar-refractivity contribution in [2.24, 2.45) is 0 Å². The minimum absolute atomic E-state index is 0.172. The Morgan fingerprint density at radius 3 is 1.83 bits per heavy atom. The van der Waals surface area contributed by atoms with Crippen LogP contribution in [0.4, 0.5) is 5.69 Å². The molecule has 0 fully saturated rings. The molecule has 0 aliphatic heterocycles. The Bertz CT molecular complexity index is 1200. The highest BCUT2D eigenvalue weighted by Crippen LogP contribution is 2.42. The maximum absolute atomic E-state index is 6.03. The van der Waals surface area contributed by atoms with Gasteiger partial charge in [-0.25, -0.2) is 0 Å². The monoisotopic (exact) mass is 479 g/mol. The second-order valence-electron chi connectivity index (χ2n) is 8.86. The van der Waals surface area contributed by atoms with Gasteiger partial charge in [0.1, 0.15) is 5.75 Å².